The number of thioether (sulfide) groups is 1. The van der Waals surface area contributed by atoms with Crippen molar-refractivity contribution in [2.24, 2.45) is 11.8 Å². The Hall–Kier alpha value is -1.50. The Kier molecular flexibility index (Phi) is 5.27. The normalized spacial score (nSPS) is 25.7. The van der Waals surface area contributed by atoms with E-state index in [1.807, 2.05) is 0 Å². The number of nitrogen functional groups attached to an aromatic ring is 1. The van der Waals surface area contributed by atoms with E-state index in [1.165, 1.54) is 17.8 Å². The van der Waals surface area contributed by atoms with Gasteiger partial charge in [0.05, 0.1) is 5.92 Å². The van der Waals surface area contributed by atoms with Gasteiger partial charge in [-0.05, 0) is 25.2 Å². The molecule has 116 valence electrons. The summed E-state index contributed by atoms with van der Waals surface area (Å²) in [4.78, 5) is 29.6. The maximum atomic E-state index is 11.4. The predicted octanol–water partition coefficient (Wildman–Crippen LogP) is 2.11. The van der Waals surface area contributed by atoms with E-state index in [1.54, 1.807) is 0 Å². The molecule has 1 aliphatic carbocycles. The Balaban J connectivity index is 2.15. The molecule has 0 aromatic carbocycles. The molecule has 3 unspecified atom stereocenters. The maximum Gasteiger partial charge on any atom is 0.307 e. The molecule has 0 radical (unpaired) electrons. The lowest BCUT2D eigenvalue weighted by atomic mass is 9.80. The van der Waals surface area contributed by atoms with Gasteiger partial charge in [-0.15, -0.1) is 0 Å². The molecule has 1 heterocycles. The molecule has 6 nitrogen and oxygen atoms in total. The van der Waals surface area contributed by atoms with Crippen molar-refractivity contribution in [3.63, 3.8) is 0 Å². The summed E-state index contributed by atoms with van der Waals surface area (Å²) in [6.45, 7) is 2.14. The van der Waals surface area contributed by atoms with Gasteiger partial charge in [-0.1, -0.05) is 31.5 Å². The van der Waals surface area contributed by atoms with Crippen LogP contribution in [0.3, 0.4) is 0 Å². The molecule has 21 heavy (non-hydrogen) atoms. The molecule has 2 rings (SSSR count). The second kappa shape index (κ2) is 6.98. The molecule has 0 saturated heterocycles. The Morgan fingerprint density at radius 2 is 2.33 bits per heavy atom. The molecule has 1 aromatic heterocycles. The summed E-state index contributed by atoms with van der Waals surface area (Å²) in [5.41, 5.74) is 5.27. The third kappa shape index (κ3) is 4.23. The zero-order valence-electron chi connectivity index (χ0n) is 12.0. The fourth-order valence-electron chi connectivity index (χ4n) is 2.95. The minimum absolute atomic E-state index is 0.0715. The standard InChI is InChI=1S/C14H21N3O3S/c1-2-3-8-4-5-9(13(19)20)10(6-8)21-14-16-11(15)7-12(18)17-14/h7-10H,2-6H2,1H3,(H,19,20)(H3,15,16,17,18). The number of nitrogens with one attached hydrogen (secondary N) is 1. The first-order valence-corrected chi connectivity index (χ1v) is 8.13. The second-order valence-corrected chi connectivity index (χ2v) is 6.77. The van der Waals surface area contributed by atoms with Gasteiger partial charge in [-0.2, -0.15) is 0 Å². The number of nitrogens with two attached hydrogens (primary N) is 1. The van der Waals surface area contributed by atoms with Crippen molar-refractivity contribution in [2.45, 2.75) is 49.4 Å². The molecule has 0 aliphatic heterocycles. The average molecular weight is 311 g/mol. The van der Waals surface area contributed by atoms with Crippen molar-refractivity contribution in [2.75, 3.05) is 5.73 Å². The minimum Gasteiger partial charge on any atom is -0.481 e. The van der Waals surface area contributed by atoms with Crippen molar-refractivity contribution in [1.82, 2.24) is 9.97 Å². The highest BCUT2D eigenvalue weighted by Gasteiger charge is 2.35. The van der Waals surface area contributed by atoms with Gasteiger partial charge in [-0.25, -0.2) is 4.98 Å². The van der Waals surface area contributed by atoms with E-state index in [2.05, 4.69) is 16.9 Å². The summed E-state index contributed by atoms with van der Waals surface area (Å²) in [5.74, 6) is -0.450. The monoisotopic (exact) mass is 311 g/mol. The predicted molar refractivity (Wildman–Crippen MR) is 82.3 cm³/mol. The summed E-state index contributed by atoms with van der Waals surface area (Å²) in [5, 5.41) is 9.72. The number of aromatic nitrogens is 2. The number of carboxylic acid groups (broad SMARTS) is 1. The Morgan fingerprint density at radius 1 is 1.57 bits per heavy atom. The number of nitrogens with zero attached hydrogens (tertiary/aromatic N) is 1. The van der Waals surface area contributed by atoms with Crippen LogP contribution in [-0.4, -0.2) is 26.3 Å². The summed E-state index contributed by atoms with van der Waals surface area (Å²) in [6.07, 6.45) is 4.71. The van der Waals surface area contributed by atoms with E-state index in [0.29, 0.717) is 17.5 Å². The molecular weight excluding hydrogens is 290 g/mol. The third-order valence-corrected chi connectivity index (χ3v) is 5.16. The number of aromatic amines is 1. The molecule has 0 bridgehead atoms. The van der Waals surface area contributed by atoms with E-state index in [-0.39, 0.29) is 16.6 Å². The van der Waals surface area contributed by atoms with Crippen LogP contribution < -0.4 is 11.3 Å². The number of aliphatic carboxylic acids is 1. The lowest BCUT2D eigenvalue weighted by Crippen LogP contribution is -2.33. The third-order valence-electron chi connectivity index (χ3n) is 3.92. The smallest absolute Gasteiger partial charge is 0.307 e. The highest BCUT2D eigenvalue weighted by molar-refractivity contribution is 7.99. The SMILES string of the molecule is CCCC1CCC(C(=O)O)C(Sc2nc(N)cc(=O)[nH]2)C1. The van der Waals surface area contributed by atoms with Gasteiger partial charge in [0.25, 0.3) is 5.56 Å². The topological polar surface area (TPSA) is 109 Å². The number of H-pyrrole nitrogens is 1. The van der Waals surface area contributed by atoms with Crippen LogP contribution >= 0.6 is 11.8 Å². The first-order chi connectivity index (χ1) is 9.99. The fourth-order valence-corrected chi connectivity index (χ4v) is 4.34. The Labute approximate surface area is 127 Å². The molecule has 0 amide bonds. The Bertz CT molecular complexity index is 561. The maximum absolute atomic E-state index is 11.4. The summed E-state index contributed by atoms with van der Waals surface area (Å²) in [7, 11) is 0. The molecule has 7 heteroatoms. The van der Waals surface area contributed by atoms with Gasteiger partial charge >= 0.3 is 5.97 Å². The molecule has 3 atom stereocenters. The number of anilines is 1. The van der Waals surface area contributed by atoms with Gasteiger partial charge in [0.1, 0.15) is 5.82 Å². The molecule has 4 N–H and O–H groups in total. The molecule has 1 fully saturated rings. The average Bonchev–Trinajstić information content (AvgIpc) is 2.37. The van der Waals surface area contributed by atoms with Gasteiger partial charge in [0, 0.05) is 11.3 Å². The zero-order chi connectivity index (χ0) is 15.4. The van der Waals surface area contributed by atoms with Gasteiger partial charge < -0.3 is 15.8 Å². The first-order valence-electron chi connectivity index (χ1n) is 7.26. The van der Waals surface area contributed by atoms with E-state index < -0.39 is 11.9 Å². The zero-order valence-corrected chi connectivity index (χ0v) is 12.9. The van der Waals surface area contributed by atoms with E-state index >= 15 is 0 Å². The molecule has 1 saturated carbocycles. The fraction of sp³-hybridized carbons (Fsp3) is 0.643. The molecule has 1 aromatic rings. The van der Waals surface area contributed by atoms with Crippen LogP contribution in [0.2, 0.25) is 0 Å². The number of carboxylic acids is 1. The van der Waals surface area contributed by atoms with Crippen molar-refractivity contribution in [3.05, 3.63) is 16.4 Å². The summed E-state index contributed by atoms with van der Waals surface area (Å²) < 4.78 is 0. The molecule has 0 spiro atoms. The number of hydrogen-bond acceptors (Lipinski definition) is 5. The lowest BCUT2D eigenvalue weighted by molar-refractivity contribution is -0.142. The molecular formula is C14H21N3O3S. The quantitative estimate of drug-likeness (QED) is 0.719. The van der Waals surface area contributed by atoms with E-state index in [4.69, 9.17) is 5.73 Å². The van der Waals surface area contributed by atoms with Crippen LogP contribution in [0.5, 0.6) is 0 Å². The van der Waals surface area contributed by atoms with Crippen LogP contribution in [0.25, 0.3) is 0 Å². The number of hydrogen-bond donors (Lipinski definition) is 3. The van der Waals surface area contributed by atoms with E-state index in [0.717, 1.165) is 25.7 Å². The van der Waals surface area contributed by atoms with Gasteiger partial charge in [0.2, 0.25) is 0 Å². The van der Waals surface area contributed by atoms with Gasteiger partial charge in [0.15, 0.2) is 5.16 Å². The van der Waals surface area contributed by atoms with Crippen LogP contribution in [-0.2, 0) is 4.79 Å². The highest BCUT2D eigenvalue weighted by Crippen LogP contribution is 2.40. The number of rotatable bonds is 5. The largest absolute Gasteiger partial charge is 0.481 e. The molecule has 1 aliphatic rings. The number of carbonyl (C=O) groups is 1. The van der Waals surface area contributed by atoms with Gasteiger partial charge in [-0.3, -0.25) is 9.59 Å². The minimum atomic E-state index is -0.770. The van der Waals surface area contributed by atoms with Crippen LogP contribution in [0.1, 0.15) is 39.0 Å². The summed E-state index contributed by atoms with van der Waals surface area (Å²) in [6, 6.07) is 1.22. The van der Waals surface area contributed by atoms with Crippen LogP contribution in [0.4, 0.5) is 5.82 Å². The summed E-state index contributed by atoms with van der Waals surface area (Å²) >= 11 is 1.33. The van der Waals surface area contributed by atoms with Crippen LogP contribution in [0.15, 0.2) is 16.0 Å². The van der Waals surface area contributed by atoms with Crippen LogP contribution in [0, 0.1) is 11.8 Å². The lowest BCUT2D eigenvalue weighted by Gasteiger charge is -2.33. The van der Waals surface area contributed by atoms with Crippen molar-refractivity contribution >= 4 is 23.5 Å². The highest BCUT2D eigenvalue weighted by atomic mass is 32.2. The van der Waals surface area contributed by atoms with Crippen molar-refractivity contribution < 1.29 is 9.90 Å². The first kappa shape index (κ1) is 15.9. The van der Waals surface area contributed by atoms with E-state index in [9.17, 15) is 14.7 Å². The Morgan fingerprint density at radius 3 is 2.95 bits per heavy atom. The second-order valence-electron chi connectivity index (χ2n) is 5.54. The van der Waals surface area contributed by atoms with Crippen molar-refractivity contribution in [1.29, 1.82) is 0 Å². The van der Waals surface area contributed by atoms with Crippen molar-refractivity contribution in [3.8, 4) is 0 Å².